The summed E-state index contributed by atoms with van der Waals surface area (Å²) in [7, 11) is -3.48. The fourth-order valence-electron chi connectivity index (χ4n) is 2.78. The minimum Gasteiger partial charge on any atom is -0.314 e. The molecule has 0 aliphatic carbocycles. The summed E-state index contributed by atoms with van der Waals surface area (Å²) >= 11 is 0. The maximum Gasteiger partial charge on any atom is 0.241 e. The van der Waals surface area contributed by atoms with Crippen LogP contribution in [0.3, 0.4) is 0 Å². The molecule has 1 saturated heterocycles. The third-order valence-corrected chi connectivity index (χ3v) is 5.40. The Morgan fingerprint density at radius 2 is 2.18 bits per heavy atom. The summed E-state index contributed by atoms with van der Waals surface area (Å²) in [6.45, 7) is 1.50. The Hall–Kier alpha value is -1.21. The monoisotopic (exact) mass is 341 g/mol. The number of hydrogen-bond acceptors (Lipinski definition) is 4. The zero-order valence-electron chi connectivity index (χ0n) is 12.2. The van der Waals surface area contributed by atoms with Crippen LogP contribution in [0.4, 0.5) is 0 Å². The molecule has 3 rings (SSSR count). The number of hydrogen-bond donors (Lipinski definition) is 2. The van der Waals surface area contributed by atoms with Gasteiger partial charge in [-0.1, -0.05) is 12.1 Å². The van der Waals surface area contributed by atoms with Gasteiger partial charge < -0.3 is 5.32 Å². The third kappa shape index (κ3) is 3.76. The molecule has 1 aliphatic rings. The lowest BCUT2D eigenvalue weighted by Gasteiger charge is -2.12. The number of sulfonamides is 1. The number of aromatic nitrogens is 1. The van der Waals surface area contributed by atoms with Crippen molar-refractivity contribution < 1.29 is 8.42 Å². The summed E-state index contributed by atoms with van der Waals surface area (Å²) in [6.07, 6.45) is 6.42. The van der Waals surface area contributed by atoms with E-state index in [0.717, 1.165) is 24.8 Å². The quantitative estimate of drug-likeness (QED) is 0.873. The highest BCUT2D eigenvalue weighted by atomic mass is 35.5. The number of nitrogens with zero attached hydrogens (tertiary/aromatic N) is 1. The lowest BCUT2D eigenvalue weighted by Crippen LogP contribution is -2.30. The highest BCUT2D eigenvalue weighted by Crippen LogP contribution is 2.21. The van der Waals surface area contributed by atoms with E-state index >= 15 is 0 Å². The standard InChI is InChI=1S/C15H19N3O2S.ClH/c19-21(20,18-10-6-13-4-2-8-17-13)15-5-1-3-12-11-16-9-7-14(12)15;/h1,3,5,7,9,11,13,17-18H,2,4,6,8,10H2;1H/t13-;/m1./s1. The lowest BCUT2D eigenvalue weighted by atomic mass is 10.2. The summed E-state index contributed by atoms with van der Waals surface area (Å²) in [5.41, 5.74) is 0. The van der Waals surface area contributed by atoms with Crippen molar-refractivity contribution in [3.8, 4) is 0 Å². The number of benzene rings is 1. The zero-order chi connectivity index (χ0) is 14.7. The van der Waals surface area contributed by atoms with Crippen LogP contribution in [0.5, 0.6) is 0 Å². The van der Waals surface area contributed by atoms with Crippen LogP contribution in [0.1, 0.15) is 19.3 Å². The van der Waals surface area contributed by atoms with Crippen molar-refractivity contribution in [1.82, 2.24) is 15.0 Å². The number of rotatable bonds is 5. The van der Waals surface area contributed by atoms with Crippen LogP contribution in [-0.2, 0) is 10.0 Å². The van der Waals surface area contributed by atoms with Gasteiger partial charge in [0.1, 0.15) is 0 Å². The first-order valence-corrected chi connectivity index (χ1v) is 8.71. The molecule has 2 aromatic rings. The van der Waals surface area contributed by atoms with E-state index in [4.69, 9.17) is 0 Å². The van der Waals surface area contributed by atoms with Crippen molar-refractivity contribution in [2.45, 2.75) is 30.2 Å². The molecule has 1 atom stereocenters. The third-order valence-electron chi connectivity index (χ3n) is 3.88. The van der Waals surface area contributed by atoms with Crippen LogP contribution in [0.25, 0.3) is 10.8 Å². The summed E-state index contributed by atoms with van der Waals surface area (Å²) in [5, 5.41) is 4.91. The van der Waals surface area contributed by atoms with E-state index in [2.05, 4.69) is 15.0 Å². The van der Waals surface area contributed by atoms with Gasteiger partial charge in [-0.3, -0.25) is 4.98 Å². The summed E-state index contributed by atoms with van der Waals surface area (Å²) in [5.74, 6) is 0. The van der Waals surface area contributed by atoms with Crippen LogP contribution >= 0.6 is 12.4 Å². The molecule has 5 nitrogen and oxygen atoms in total. The molecule has 0 bridgehead atoms. The maximum absolute atomic E-state index is 12.5. The fraction of sp³-hybridized carbons (Fsp3) is 0.400. The van der Waals surface area contributed by atoms with Gasteiger partial charge in [0.2, 0.25) is 10.0 Å². The van der Waals surface area contributed by atoms with Crippen LogP contribution in [0.2, 0.25) is 0 Å². The molecule has 0 amide bonds. The average molecular weight is 342 g/mol. The van der Waals surface area contributed by atoms with E-state index in [9.17, 15) is 8.42 Å². The largest absolute Gasteiger partial charge is 0.314 e. The first kappa shape index (κ1) is 17.1. The highest BCUT2D eigenvalue weighted by molar-refractivity contribution is 7.89. The summed E-state index contributed by atoms with van der Waals surface area (Å²) in [4.78, 5) is 4.35. The van der Waals surface area contributed by atoms with E-state index in [0.29, 0.717) is 22.9 Å². The molecule has 2 heterocycles. The van der Waals surface area contributed by atoms with Crippen LogP contribution < -0.4 is 10.0 Å². The predicted molar refractivity (Wildman–Crippen MR) is 89.8 cm³/mol. The SMILES string of the molecule is Cl.O=S(=O)(NCC[C@H]1CCCN1)c1cccc2cnccc12. The van der Waals surface area contributed by atoms with E-state index in [1.54, 1.807) is 30.6 Å². The molecule has 22 heavy (non-hydrogen) atoms. The second-order valence-electron chi connectivity index (χ2n) is 5.33. The Morgan fingerprint density at radius 3 is 2.95 bits per heavy atom. The summed E-state index contributed by atoms with van der Waals surface area (Å²) < 4.78 is 27.6. The van der Waals surface area contributed by atoms with Crippen LogP contribution in [-0.4, -0.2) is 32.5 Å². The normalized spacial score (nSPS) is 18.3. The molecule has 2 N–H and O–H groups in total. The number of fused-ring (bicyclic) bond motifs is 1. The van der Waals surface area contributed by atoms with Gasteiger partial charge >= 0.3 is 0 Å². The molecule has 0 radical (unpaired) electrons. The zero-order valence-corrected chi connectivity index (χ0v) is 13.8. The van der Waals surface area contributed by atoms with Gasteiger partial charge in [-0.25, -0.2) is 13.1 Å². The molecular weight excluding hydrogens is 322 g/mol. The predicted octanol–water partition coefficient (Wildman–Crippen LogP) is 2.08. The first-order chi connectivity index (χ1) is 10.2. The molecule has 1 aromatic heterocycles. The molecule has 1 fully saturated rings. The summed E-state index contributed by atoms with van der Waals surface area (Å²) in [6, 6.07) is 7.42. The van der Waals surface area contributed by atoms with Gasteiger partial charge in [-0.15, -0.1) is 12.4 Å². The van der Waals surface area contributed by atoms with Crippen LogP contribution in [0.15, 0.2) is 41.6 Å². The van der Waals surface area contributed by atoms with Gasteiger partial charge in [-0.2, -0.15) is 0 Å². The minimum absolute atomic E-state index is 0. The van der Waals surface area contributed by atoms with E-state index in [1.807, 2.05) is 6.07 Å². The van der Waals surface area contributed by atoms with E-state index in [-0.39, 0.29) is 12.4 Å². The van der Waals surface area contributed by atoms with Crippen molar-refractivity contribution in [1.29, 1.82) is 0 Å². The molecule has 0 unspecified atom stereocenters. The topological polar surface area (TPSA) is 71.1 Å². The Bertz CT molecular complexity index is 725. The van der Waals surface area contributed by atoms with Crippen molar-refractivity contribution >= 4 is 33.2 Å². The Balaban J connectivity index is 0.00000176. The van der Waals surface area contributed by atoms with Gasteiger partial charge in [0.25, 0.3) is 0 Å². The maximum atomic E-state index is 12.5. The second-order valence-corrected chi connectivity index (χ2v) is 7.07. The number of pyridine rings is 1. The Morgan fingerprint density at radius 1 is 1.32 bits per heavy atom. The molecule has 1 aromatic carbocycles. The van der Waals surface area contributed by atoms with Gasteiger partial charge in [0.15, 0.2) is 0 Å². The molecular formula is C15H20ClN3O2S. The van der Waals surface area contributed by atoms with Crippen molar-refractivity contribution in [2.24, 2.45) is 0 Å². The van der Waals surface area contributed by atoms with Gasteiger partial charge in [0.05, 0.1) is 4.90 Å². The average Bonchev–Trinajstić information content (AvgIpc) is 3.00. The fourth-order valence-corrected chi connectivity index (χ4v) is 4.05. The van der Waals surface area contributed by atoms with Crippen molar-refractivity contribution in [3.63, 3.8) is 0 Å². The molecule has 0 spiro atoms. The van der Waals surface area contributed by atoms with E-state index < -0.39 is 10.0 Å². The minimum atomic E-state index is -3.48. The molecule has 0 saturated carbocycles. The van der Waals surface area contributed by atoms with Crippen LogP contribution in [0, 0.1) is 0 Å². The molecule has 1 aliphatic heterocycles. The Labute approximate surface area is 137 Å². The molecule has 120 valence electrons. The number of halogens is 1. The van der Waals surface area contributed by atoms with Crippen molar-refractivity contribution in [3.05, 3.63) is 36.7 Å². The highest BCUT2D eigenvalue weighted by Gasteiger charge is 2.18. The Kier molecular flexibility index (Phi) is 5.74. The van der Waals surface area contributed by atoms with Gasteiger partial charge in [0, 0.05) is 35.8 Å². The molecule has 7 heteroatoms. The number of nitrogens with one attached hydrogen (secondary N) is 2. The lowest BCUT2D eigenvalue weighted by molar-refractivity contribution is 0.540. The van der Waals surface area contributed by atoms with Gasteiger partial charge in [-0.05, 0) is 37.9 Å². The van der Waals surface area contributed by atoms with E-state index in [1.165, 1.54) is 6.42 Å². The second kappa shape index (κ2) is 7.37. The van der Waals surface area contributed by atoms with Crippen molar-refractivity contribution in [2.75, 3.05) is 13.1 Å². The first-order valence-electron chi connectivity index (χ1n) is 7.22. The smallest absolute Gasteiger partial charge is 0.241 e.